The third-order valence-corrected chi connectivity index (χ3v) is 2.58. The van der Waals surface area contributed by atoms with Gasteiger partial charge in [-0.05, 0) is 24.3 Å². The van der Waals surface area contributed by atoms with Gasteiger partial charge in [-0.15, -0.1) is 0 Å². The van der Waals surface area contributed by atoms with Crippen LogP contribution in [-0.2, 0) is 0 Å². The molecule has 0 aliphatic rings. The summed E-state index contributed by atoms with van der Waals surface area (Å²) >= 11 is 0. The number of hydrogen-bond acceptors (Lipinski definition) is 2. The van der Waals surface area contributed by atoms with E-state index in [9.17, 15) is 0 Å². The Morgan fingerprint density at radius 2 is 1.59 bits per heavy atom. The van der Waals surface area contributed by atoms with E-state index in [4.69, 9.17) is 9.15 Å². The van der Waals surface area contributed by atoms with Crippen LogP contribution >= 0.6 is 0 Å². The zero-order valence-corrected chi connectivity index (χ0v) is 10.4. The van der Waals surface area contributed by atoms with Gasteiger partial charge in [-0.2, -0.15) is 0 Å². The number of ether oxygens (including phenoxy) is 1. The summed E-state index contributed by atoms with van der Waals surface area (Å²) in [5.41, 5.74) is 1.82. The van der Waals surface area contributed by atoms with Gasteiger partial charge in [0.25, 0.3) is 0 Å². The molecule has 0 amide bonds. The lowest BCUT2D eigenvalue weighted by atomic mass is 10.1. The molecule has 0 saturated heterocycles. The van der Waals surface area contributed by atoms with Gasteiger partial charge in [-0.1, -0.05) is 32.0 Å². The lowest BCUT2D eigenvalue weighted by Crippen LogP contribution is -1.80. The average molecular weight is 228 g/mol. The Bertz CT molecular complexity index is 623. The topological polar surface area (TPSA) is 22.4 Å². The van der Waals surface area contributed by atoms with Crippen molar-refractivity contribution in [3.8, 4) is 5.75 Å². The minimum Gasteiger partial charge on any atom is -0.497 e. The number of para-hydroxylation sites is 1. The van der Waals surface area contributed by atoms with Gasteiger partial charge in [0.1, 0.15) is 16.9 Å². The lowest BCUT2D eigenvalue weighted by molar-refractivity contribution is 0.415. The molecule has 0 bridgehead atoms. The van der Waals surface area contributed by atoms with E-state index < -0.39 is 0 Å². The first-order valence-electron chi connectivity index (χ1n) is 5.84. The molecule has 1 aromatic heterocycles. The highest BCUT2D eigenvalue weighted by atomic mass is 16.5. The third-order valence-electron chi connectivity index (χ3n) is 2.58. The molecule has 88 valence electrons. The third kappa shape index (κ3) is 1.98. The van der Waals surface area contributed by atoms with Crippen LogP contribution in [0.5, 0.6) is 5.75 Å². The second-order valence-corrected chi connectivity index (χ2v) is 3.46. The molecule has 2 nitrogen and oxygen atoms in total. The maximum atomic E-state index is 5.70. The van der Waals surface area contributed by atoms with Crippen LogP contribution in [0.2, 0.25) is 0 Å². The molecule has 2 aromatic carbocycles. The lowest BCUT2D eigenvalue weighted by Gasteiger charge is -1.97. The number of rotatable bonds is 1. The van der Waals surface area contributed by atoms with Crippen LogP contribution in [-0.4, -0.2) is 7.11 Å². The first-order chi connectivity index (χ1) is 8.38. The van der Waals surface area contributed by atoms with Gasteiger partial charge in [0.05, 0.1) is 7.11 Å². The van der Waals surface area contributed by atoms with Gasteiger partial charge in [-0.3, -0.25) is 0 Å². The fourth-order valence-corrected chi connectivity index (χ4v) is 1.83. The van der Waals surface area contributed by atoms with Crippen LogP contribution in [0.3, 0.4) is 0 Å². The molecule has 1 heterocycles. The summed E-state index contributed by atoms with van der Waals surface area (Å²) in [6, 6.07) is 13.9. The molecule has 0 saturated carbocycles. The van der Waals surface area contributed by atoms with E-state index in [1.807, 2.05) is 50.2 Å². The van der Waals surface area contributed by atoms with Crippen LogP contribution in [0.1, 0.15) is 13.8 Å². The Kier molecular flexibility index (Phi) is 3.33. The molecule has 17 heavy (non-hydrogen) atoms. The smallest absolute Gasteiger partial charge is 0.135 e. The Morgan fingerprint density at radius 1 is 0.882 bits per heavy atom. The molecule has 0 spiro atoms. The Balaban J connectivity index is 0.000000514. The van der Waals surface area contributed by atoms with Gasteiger partial charge in [-0.25, -0.2) is 0 Å². The summed E-state index contributed by atoms with van der Waals surface area (Å²) in [6.45, 7) is 4.00. The minimum absolute atomic E-state index is 0.856. The van der Waals surface area contributed by atoms with Crippen molar-refractivity contribution in [1.29, 1.82) is 0 Å². The van der Waals surface area contributed by atoms with Crippen LogP contribution in [0.25, 0.3) is 21.9 Å². The number of hydrogen-bond donors (Lipinski definition) is 0. The molecule has 0 fully saturated rings. The molecule has 0 aliphatic carbocycles. The molecule has 3 aromatic rings. The summed E-state index contributed by atoms with van der Waals surface area (Å²) in [7, 11) is 1.67. The van der Waals surface area contributed by atoms with Gasteiger partial charge < -0.3 is 9.15 Å². The fraction of sp³-hybridized carbons (Fsp3) is 0.200. The molecule has 0 N–H and O–H groups in total. The molecular weight excluding hydrogens is 212 g/mol. The Morgan fingerprint density at radius 3 is 2.35 bits per heavy atom. The zero-order chi connectivity index (χ0) is 12.3. The molecular formula is C15H16O2. The molecule has 3 rings (SSSR count). The highest BCUT2D eigenvalue weighted by Gasteiger charge is 2.06. The van der Waals surface area contributed by atoms with Crippen molar-refractivity contribution in [1.82, 2.24) is 0 Å². The molecule has 0 radical (unpaired) electrons. The van der Waals surface area contributed by atoms with Crippen molar-refractivity contribution in [2.24, 2.45) is 0 Å². The monoisotopic (exact) mass is 228 g/mol. The van der Waals surface area contributed by atoms with E-state index in [-0.39, 0.29) is 0 Å². The summed E-state index contributed by atoms with van der Waals surface area (Å²) in [5.74, 6) is 0.856. The normalized spacial score (nSPS) is 10.1. The minimum atomic E-state index is 0.856. The van der Waals surface area contributed by atoms with Crippen molar-refractivity contribution in [2.75, 3.05) is 7.11 Å². The quantitative estimate of drug-likeness (QED) is 0.606. The van der Waals surface area contributed by atoms with Gasteiger partial charge in [0.15, 0.2) is 0 Å². The Hall–Kier alpha value is -1.96. The van der Waals surface area contributed by atoms with Gasteiger partial charge in [0, 0.05) is 10.8 Å². The van der Waals surface area contributed by atoms with Crippen LogP contribution in [0.4, 0.5) is 0 Å². The maximum absolute atomic E-state index is 5.70. The molecule has 0 aliphatic heterocycles. The van der Waals surface area contributed by atoms with Crippen LogP contribution in [0, 0.1) is 0 Å². The second kappa shape index (κ2) is 4.91. The SMILES string of the molecule is CC.COc1ccc2oc3ccccc3c2c1. The number of fused-ring (bicyclic) bond motifs is 3. The Labute approximate surface area is 101 Å². The van der Waals surface area contributed by atoms with Gasteiger partial charge in [0.2, 0.25) is 0 Å². The van der Waals surface area contributed by atoms with E-state index in [1.165, 1.54) is 0 Å². The zero-order valence-electron chi connectivity index (χ0n) is 10.4. The van der Waals surface area contributed by atoms with Crippen LogP contribution < -0.4 is 4.74 Å². The first-order valence-corrected chi connectivity index (χ1v) is 5.84. The second-order valence-electron chi connectivity index (χ2n) is 3.46. The van der Waals surface area contributed by atoms with E-state index in [0.29, 0.717) is 0 Å². The highest BCUT2D eigenvalue weighted by Crippen LogP contribution is 2.30. The summed E-state index contributed by atoms with van der Waals surface area (Å²) in [4.78, 5) is 0. The summed E-state index contributed by atoms with van der Waals surface area (Å²) < 4.78 is 10.9. The molecule has 0 unspecified atom stereocenters. The fourth-order valence-electron chi connectivity index (χ4n) is 1.83. The van der Waals surface area contributed by atoms with E-state index in [2.05, 4.69) is 6.07 Å². The van der Waals surface area contributed by atoms with Crippen molar-refractivity contribution in [3.05, 3.63) is 42.5 Å². The standard InChI is InChI=1S/C13H10O2.C2H6/c1-14-9-6-7-13-11(8-9)10-4-2-3-5-12(10)15-13;1-2/h2-8H,1H3;1-2H3. The molecule has 2 heteroatoms. The molecule has 0 atom stereocenters. The van der Waals surface area contributed by atoms with Crippen molar-refractivity contribution in [3.63, 3.8) is 0 Å². The largest absolute Gasteiger partial charge is 0.497 e. The van der Waals surface area contributed by atoms with Crippen molar-refractivity contribution < 1.29 is 9.15 Å². The summed E-state index contributed by atoms with van der Waals surface area (Å²) in [6.07, 6.45) is 0. The van der Waals surface area contributed by atoms with E-state index >= 15 is 0 Å². The van der Waals surface area contributed by atoms with E-state index in [1.54, 1.807) is 7.11 Å². The predicted molar refractivity (Wildman–Crippen MR) is 71.6 cm³/mol. The number of furan rings is 1. The van der Waals surface area contributed by atoms with Gasteiger partial charge >= 0.3 is 0 Å². The maximum Gasteiger partial charge on any atom is 0.135 e. The first kappa shape index (κ1) is 11.5. The summed E-state index contributed by atoms with van der Waals surface area (Å²) in [5, 5.41) is 2.23. The highest BCUT2D eigenvalue weighted by molar-refractivity contribution is 6.05. The van der Waals surface area contributed by atoms with E-state index in [0.717, 1.165) is 27.7 Å². The van der Waals surface area contributed by atoms with Crippen molar-refractivity contribution >= 4 is 21.9 Å². The van der Waals surface area contributed by atoms with Crippen LogP contribution in [0.15, 0.2) is 46.9 Å². The average Bonchev–Trinajstić information content (AvgIpc) is 2.78. The number of benzene rings is 2. The predicted octanol–water partition coefficient (Wildman–Crippen LogP) is 4.62. The van der Waals surface area contributed by atoms with Crippen molar-refractivity contribution in [2.45, 2.75) is 13.8 Å². The number of methoxy groups -OCH3 is 1.